The number of aliphatic hydroxyl groups is 3. The molecule has 1 aliphatic heterocycles. The smallest absolute Gasteiger partial charge is 0.254 e. The average molecular weight is 288 g/mol. The fraction of sp³-hybridized carbons (Fsp3) is 0.636. The molecule has 0 spiro atoms. The van der Waals surface area contributed by atoms with Crippen LogP contribution in [-0.4, -0.2) is 49.3 Å². The molecule has 0 aliphatic carbocycles. The van der Waals surface area contributed by atoms with Crippen molar-refractivity contribution in [1.82, 2.24) is 9.55 Å². The second-order valence-electron chi connectivity index (χ2n) is 4.86. The lowest BCUT2D eigenvalue weighted by Gasteiger charge is -2.28. The topological polar surface area (TPSA) is 108 Å². The Balaban J connectivity index is 2.51. The summed E-state index contributed by atoms with van der Waals surface area (Å²) in [6.45, 7) is 2.55. The molecule has 1 aromatic heterocycles. The number of ether oxygens (including phenoxy) is 1. The highest BCUT2D eigenvalue weighted by Crippen LogP contribution is 2.37. The van der Waals surface area contributed by atoms with Gasteiger partial charge in [0, 0.05) is 11.8 Å². The van der Waals surface area contributed by atoms with Gasteiger partial charge in [-0.2, -0.15) is 0 Å². The fourth-order valence-corrected chi connectivity index (χ4v) is 2.39. The zero-order chi connectivity index (χ0) is 14.4. The predicted molar refractivity (Wildman–Crippen MR) is 68.3 cm³/mol. The van der Waals surface area contributed by atoms with Crippen molar-refractivity contribution in [2.75, 3.05) is 6.61 Å². The Bertz CT molecular complexity index is 593. The minimum absolute atomic E-state index is 0.0756. The number of H-pyrrole nitrogens is 1. The van der Waals surface area contributed by atoms with Crippen LogP contribution in [0.3, 0.4) is 0 Å². The summed E-state index contributed by atoms with van der Waals surface area (Å²) in [7, 11) is 0. The van der Waals surface area contributed by atoms with Crippen molar-refractivity contribution in [2.45, 2.75) is 37.9 Å². The molecular formula is C11H16N2O5S. The van der Waals surface area contributed by atoms with Gasteiger partial charge in [-0.1, -0.05) is 0 Å². The number of aryl methyl sites for hydroxylation is 1. The van der Waals surface area contributed by atoms with Crippen molar-refractivity contribution in [2.24, 2.45) is 0 Å². The average Bonchev–Trinajstić information content (AvgIpc) is 2.56. The van der Waals surface area contributed by atoms with Gasteiger partial charge < -0.3 is 20.1 Å². The third-order valence-corrected chi connectivity index (χ3v) is 3.65. The fourth-order valence-electron chi connectivity index (χ4n) is 2.15. The van der Waals surface area contributed by atoms with Gasteiger partial charge in [0.1, 0.15) is 17.8 Å². The summed E-state index contributed by atoms with van der Waals surface area (Å²) in [5.41, 5.74) is -1.55. The lowest BCUT2D eigenvalue weighted by atomic mass is 9.96. The van der Waals surface area contributed by atoms with E-state index in [9.17, 15) is 15.0 Å². The molecule has 0 radical (unpaired) electrons. The van der Waals surface area contributed by atoms with E-state index in [1.165, 1.54) is 17.7 Å². The normalized spacial score (nSPS) is 34.7. The Labute approximate surface area is 114 Å². The van der Waals surface area contributed by atoms with E-state index in [0.29, 0.717) is 5.56 Å². The van der Waals surface area contributed by atoms with E-state index < -0.39 is 30.6 Å². The van der Waals surface area contributed by atoms with Crippen molar-refractivity contribution >= 4 is 12.2 Å². The lowest BCUT2D eigenvalue weighted by molar-refractivity contribution is -0.0980. The number of rotatable bonds is 2. The highest BCUT2D eigenvalue weighted by molar-refractivity contribution is 7.71. The minimum Gasteiger partial charge on any atom is -0.394 e. The molecule has 1 aliphatic rings. The quantitative estimate of drug-likeness (QED) is 0.532. The Morgan fingerprint density at radius 2 is 2.26 bits per heavy atom. The molecule has 2 heterocycles. The Kier molecular flexibility index (Phi) is 3.63. The van der Waals surface area contributed by atoms with Gasteiger partial charge in [0.2, 0.25) is 0 Å². The maximum atomic E-state index is 11.4. The summed E-state index contributed by atoms with van der Waals surface area (Å²) in [4.78, 5) is 13.9. The maximum Gasteiger partial charge on any atom is 0.254 e. The van der Waals surface area contributed by atoms with Crippen LogP contribution < -0.4 is 5.56 Å². The minimum atomic E-state index is -1.63. The number of hydrogen-bond acceptors (Lipinski definition) is 6. The molecule has 8 heteroatoms. The van der Waals surface area contributed by atoms with Crippen LogP contribution in [0.2, 0.25) is 0 Å². The standard InChI is InChI=1S/C11H16N2O5S/c1-5-3-13(10(19)12-8(5)16)9-11(2,17)7(15)6(4-14)18-9/h3,6-7,9,14-15,17H,4H2,1-2H3,(H,12,16,19)/t6-,7?,9-,11?/m1/s1. The van der Waals surface area contributed by atoms with Gasteiger partial charge in [0.05, 0.1) is 6.61 Å². The summed E-state index contributed by atoms with van der Waals surface area (Å²) in [6, 6.07) is 0. The lowest BCUT2D eigenvalue weighted by Crippen LogP contribution is -2.44. The highest BCUT2D eigenvalue weighted by Gasteiger charge is 2.52. The van der Waals surface area contributed by atoms with E-state index in [1.54, 1.807) is 6.92 Å². The van der Waals surface area contributed by atoms with E-state index in [0.717, 1.165) is 0 Å². The number of nitrogens with one attached hydrogen (secondary N) is 1. The summed E-state index contributed by atoms with van der Waals surface area (Å²) in [5, 5.41) is 29.3. The summed E-state index contributed by atoms with van der Waals surface area (Å²) >= 11 is 5.02. The Morgan fingerprint density at radius 1 is 1.63 bits per heavy atom. The number of aromatic amines is 1. The summed E-state index contributed by atoms with van der Waals surface area (Å²) < 4.78 is 6.87. The highest BCUT2D eigenvalue weighted by atomic mass is 32.1. The largest absolute Gasteiger partial charge is 0.394 e. The van der Waals surface area contributed by atoms with Crippen LogP contribution in [0.5, 0.6) is 0 Å². The van der Waals surface area contributed by atoms with Gasteiger partial charge in [-0.05, 0) is 26.1 Å². The van der Waals surface area contributed by atoms with Crippen molar-refractivity contribution in [1.29, 1.82) is 0 Å². The predicted octanol–water partition coefficient (Wildman–Crippen LogP) is -0.784. The van der Waals surface area contributed by atoms with Crippen LogP contribution in [0, 0.1) is 11.7 Å². The first-order valence-corrected chi connectivity index (χ1v) is 6.18. The number of hydrogen-bond donors (Lipinski definition) is 4. The molecule has 1 fully saturated rings. The molecule has 1 saturated heterocycles. The molecule has 4 atom stereocenters. The number of aliphatic hydroxyl groups excluding tert-OH is 2. The van der Waals surface area contributed by atoms with Gasteiger partial charge in [-0.3, -0.25) is 14.3 Å². The van der Waals surface area contributed by atoms with Gasteiger partial charge in [0.15, 0.2) is 11.0 Å². The SMILES string of the molecule is Cc1cn([C@@H]2O[C@H](CO)C(O)C2(C)O)c(=S)[nH]c1=O. The van der Waals surface area contributed by atoms with Crippen LogP contribution >= 0.6 is 12.2 Å². The molecule has 19 heavy (non-hydrogen) atoms. The van der Waals surface area contributed by atoms with Crippen LogP contribution in [0.25, 0.3) is 0 Å². The van der Waals surface area contributed by atoms with E-state index in [2.05, 4.69) is 4.98 Å². The van der Waals surface area contributed by atoms with Crippen molar-refractivity contribution in [3.63, 3.8) is 0 Å². The molecule has 0 saturated carbocycles. The molecule has 4 N–H and O–H groups in total. The van der Waals surface area contributed by atoms with Gasteiger partial charge >= 0.3 is 0 Å². The molecule has 2 rings (SSSR count). The molecular weight excluding hydrogens is 272 g/mol. The monoisotopic (exact) mass is 288 g/mol. The number of aromatic nitrogens is 2. The van der Waals surface area contributed by atoms with E-state index in [4.69, 9.17) is 22.1 Å². The molecule has 0 aromatic carbocycles. The maximum absolute atomic E-state index is 11.4. The van der Waals surface area contributed by atoms with Crippen molar-refractivity contribution in [3.05, 3.63) is 26.9 Å². The van der Waals surface area contributed by atoms with Crippen LogP contribution in [0.1, 0.15) is 18.7 Å². The van der Waals surface area contributed by atoms with E-state index >= 15 is 0 Å². The van der Waals surface area contributed by atoms with Crippen LogP contribution in [0.4, 0.5) is 0 Å². The van der Waals surface area contributed by atoms with Crippen LogP contribution in [-0.2, 0) is 4.74 Å². The summed E-state index contributed by atoms with van der Waals surface area (Å²) in [5.74, 6) is 0. The third kappa shape index (κ3) is 2.26. The van der Waals surface area contributed by atoms with Gasteiger partial charge in [-0.15, -0.1) is 0 Å². The number of nitrogens with zero attached hydrogens (tertiary/aromatic N) is 1. The second kappa shape index (κ2) is 4.80. The second-order valence-corrected chi connectivity index (χ2v) is 5.25. The first-order valence-electron chi connectivity index (χ1n) is 5.78. The molecule has 1 aromatic rings. The zero-order valence-electron chi connectivity index (χ0n) is 10.5. The van der Waals surface area contributed by atoms with Crippen LogP contribution in [0.15, 0.2) is 11.0 Å². The Morgan fingerprint density at radius 3 is 2.79 bits per heavy atom. The van der Waals surface area contributed by atoms with Gasteiger partial charge in [0.25, 0.3) is 5.56 Å². The molecule has 0 amide bonds. The zero-order valence-corrected chi connectivity index (χ0v) is 11.3. The van der Waals surface area contributed by atoms with E-state index in [1.807, 2.05) is 0 Å². The first kappa shape index (κ1) is 14.4. The summed E-state index contributed by atoms with van der Waals surface area (Å²) in [6.07, 6.45) is -1.69. The Hall–Kier alpha value is -1.06. The molecule has 2 unspecified atom stereocenters. The molecule has 0 bridgehead atoms. The third-order valence-electron chi connectivity index (χ3n) is 3.33. The van der Waals surface area contributed by atoms with E-state index in [-0.39, 0.29) is 10.3 Å². The first-order chi connectivity index (χ1) is 8.78. The van der Waals surface area contributed by atoms with Gasteiger partial charge in [-0.25, -0.2) is 0 Å². The molecule has 106 valence electrons. The molecule has 7 nitrogen and oxygen atoms in total. The van der Waals surface area contributed by atoms with Crippen molar-refractivity contribution in [3.8, 4) is 0 Å². The van der Waals surface area contributed by atoms with Crippen molar-refractivity contribution < 1.29 is 20.1 Å².